The van der Waals surface area contributed by atoms with Gasteiger partial charge in [-0.2, -0.15) is 0 Å². The first kappa shape index (κ1) is 12.0. The summed E-state index contributed by atoms with van der Waals surface area (Å²) in [6, 6.07) is 2.14. The fraction of sp³-hybridized carbons (Fsp3) is 0.300. The van der Waals surface area contributed by atoms with Crippen LogP contribution in [0.4, 0.5) is 5.13 Å². The maximum absolute atomic E-state index is 5.56. The van der Waals surface area contributed by atoms with E-state index in [0.29, 0.717) is 5.13 Å². The van der Waals surface area contributed by atoms with Gasteiger partial charge < -0.3 is 11.1 Å². The lowest BCUT2D eigenvalue weighted by molar-refractivity contribution is 0.688. The first-order valence-electron chi connectivity index (χ1n) is 4.87. The van der Waals surface area contributed by atoms with Gasteiger partial charge in [-0.05, 0) is 22.0 Å². The van der Waals surface area contributed by atoms with Crippen LogP contribution in [-0.2, 0) is 13.0 Å². The van der Waals surface area contributed by atoms with Crippen molar-refractivity contribution in [3.8, 4) is 0 Å². The van der Waals surface area contributed by atoms with E-state index in [4.69, 9.17) is 5.73 Å². The Balaban J connectivity index is 1.69. The van der Waals surface area contributed by atoms with Crippen LogP contribution >= 0.6 is 38.6 Å². The van der Waals surface area contributed by atoms with Crippen molar-refractivity contribution in [1.29, 1.82) is 0 Å². The molecule has 0 unspecified atom stereocenters. The molecule has 2 rings (SSSR count). The molecule has 0 aliphatic carbocycles. The molecule has 6 heteroatoms. The molecule has 0 amide bonds. The SMILES string of the molecule is Nc1nc(CCNCc2cc(Br)cs2)cs1. The summed E-state index contributed by atoms with van der Waals surface area (Å²) in [7, 11) is 0. The van der Waals surface area contributed by atoms with E-state index in [1.165, 1.54) is 16.2 Å². The van der Waals surface area contributed by atoms with Crippen molar-refractivity contribution in [2.45, 2.75) is 13.0 Å². The molecule has 0 bridgehead atoms. The second-order valence-electron chi connectivity index (χ2n) is 3.34. The molecule has 0 aliphatic rings. The molecule has 86 valence electrons. The molecule has 0 saturated carbocycles. The number of hydrogen-bond acceptors (Lipinski definition) is 5. The molecule has 0 spiro atoms. The van der Waals surface area contributed by atoms with Crippen molar-refractivity contribution in [3.63, 3.8) is 0 Å². The van der Waals surface area contributed by atoms with Gasteiger partial charge in [0.1, 0.15) is 0 Å². The zero-order valence-electron chi connectivity index (χ0n) is 8.57. The second-order valence-corrected chi connectivity index (χ2v) is 6.14. The third kappa shape index (κ3) is 3.55. The fourth-order valence-corrected chi connectivity index (χ4v) is 3.33. The van der Waals surface area contributed by atoms with Crippen LogP contribution in [0.15, 0.2) is 21.3 Å². The molecule has 3 nitrogen and oxygen atoms in total. The number of aromatic nitrogens is 1. The maximum Gasteiger partial charge on any atom is 0.180 e. The summed E-state index contributed by atoms with van der Waals surface area (Å²) in [5.41, 5.74) is 6.63. The van der Waals surface area contributed by atoms with Crippen LogP contribution in [-0.4, -0.2) is 11.5 Å². The molecule has 2 aromatic rings. The smallest absolute Gasteiger partial charge is 0.180 e. The molecule has 0 aromatic carbocycles. The lowest BCUT2D eigenvalue weighted by Crippen LogP contribution is -2.16. The fourth-order valence-electron chi connectivity index (χ4n) is 1.31. The van der Waals surface area contributed by atoms with Crippen LogP contribution in [0.5, 0.6) is 0 Å². The van der Waals surface area contributed by atoms with Gasteiger partial charge >= 0.3 is 0 Å². The quantitative estimate of drug-likeness (QED) is 0.834. The highest BCUT2D eigenvalue weighted by Crippen LogP contribution is 2.19. The number of thiazole rings is 1. The van der Waals surface area contributed by atoms with E-state index in [0.717, 1.165) is 29.7 Å². The van der Waals surface area contributed by atoms with Crippen LogP contribution in [0.2, 0.25) is 0 Å². The Morgan fingerprint density at radius 3 is 2.88 bits per heavy atom. The standard InChI is InChI=1S/C10H12BrN3S2/c11-7-3-9(15-5-7)4-13-2-1-8-6-16-10(12)14-8/h3,5-6,13H,1-2,4H2,(H2,12,14). The zero-order chi connectivity index (χ0) is 11.4. The Morgan fingerprint density at radius 1 is 1.38 bits per heavy atom. The Bertz CT molecular complexity index is 410. The van der Waals surface area contributed by atoms with Crippen LogP contribution in [0.25, 0.3) is 0 Å². The van der Waals surface area contributed by atoms with Gasteiger partial charge in [0.15, 0.2) is 5.13 Å². The van der Waals surface area contributed by atoms with Crippen molar-refractivity contribution in [2.24, 2.45) is 0 Å². The third-order valence-electron chi connectivity index (χ3n) is 2.05. The summed E-state index contributed by atoms with van der Waals surface area (Å²) >= 11 is 6.69. The highest BCUT2D eigenvalue weighted by molar-refractivity contribution is 9.10. The van der Waals surface area contributed by atoms with Crippen LogP contribution in [0.1, 0.15) is 10.6 Å². The first-order chi connectivity index (χ1) is 7.74. The largest absolute Gasteiger partial charge is 0.375 e. The Morgan fingerprint density at radius 2 is 2.25 bits per heavy atom. The first-order valence-corrected chi connectivity index (χ1v) is 7.43. The van der Waals surface area contributed by atoms with E-state index in [9.17, 15) is 0 Å². The number of nitrogens with two attached hydrogens (primary N) is 1. The number of hydrogen-bond donors (Lipinski definition) is 2. The summed E-state index contributed by atoms with van der Waals surface area (Å²) in [4.78, 5) is 5.55. The summed E-state index contributed by atoms with van der Waals surface area (Å²) < 4.78 is 1.15. The summed E-state index contributed by atoms with van der Waals surface area (Å²) in [5, 5.41) is 8.14. The van der Waals surface area contributed by atoms with Crippen molar-refractivity contribution < 1.29 is 0 Å². The number of nitrogen functional groups attached to an aromatic ring is 1. The molecule has 0 radical (unpaired) electrons. The van der Waals surface area contributed by atoms with E-state index < -0.39 is 0 Å². The Labute approximate surface area is 111 Å². The van der Waals surface area contributed by atoms with E-state index in [2.05, 4.69) is 37.7 Å². The van der Waals surface area contributed by atoms with Gasteiger partial charge in [0, 0.05) is 39.6 Å². The average molecular weight is 318 g/mol. The Hall–Kier alpha value is -0.430. The second kappa shape index (κ2) is 5.77. The van der Waals surface area contributed by atoms with Crippen LogP contribution in [0, 0.1) is 0 Å². The Kier molecular flexibility index (Phi) is 4.34. The van der Waals surface area contributed by atoms with Crippen molar-refractivity contribution in [2.75, 3.05) is 12.3 Å². The lowest BCUT2D eigenvalue weighted by atomic mass is 10.3. The third-order valence-corrected chi connectivity index (χ3v) is 4.47. The molecular formula is C10H12BrN3S2. The number of nitrogens with one attached hydrogen (secondary N) is 1. The van der Waals surface area contributed by atoms with Gasteiger partial charge in [-0.3, -0.25) is 0 Å². The monoisotopic (exact) mass is 317 g/mol. The minimum Gasteiger partial charge on any atom is -0.375 e. The number of halogens is 1. The van der Waals surface area contributed by atoms with Gasteiger partial charge in [0.25, 0.3) is 0 Å². The number of nitrogens with zero attached hydrogens (tertiary/aromatic N) is 1. The normalized spacial score (nSPS) is 10.8. The summed E-state index contributed by atoms with van der Waals surface area (Å²) in [6.45, 7) is 1.84. The predicted molar refractivity (Wildman–Crippen MR) is 74.0 cm³/mol. The molecule has 3 N–H and O–H groups in total. The van der Waals surface area contributed by atoms with E-state index in [-0.39, 0.29) is 0 Å². The minimum atomic E-state index is 0.650. The van der Waals surface area contributed by atoms with Gasteiger partial charge in [-0.15, -0.1) is 22.7 Å². The molecule has 0 fully saturated rings. The van der Waals surface area contributed by atoms with Crippen molar-refractivity contribution in [1.82, 2.24) is 10.3 Å². The van der Waals surface area contributed by atoms with Crippen molar-refractivity contribution in [3.05, 3.63) is 31.9 Å². The van der Waals surface area contributed by atoms with Crippen molar-refractivity contribution >= 4 is 43.7 Å². The highest BCUT2D eigenvalue weighted by atomic mass is 79.9. The maximum atomic E-state index is 5.56. The number of thiophene rings is 1. The molecule has 0 atom stereocenters. The minimum absolute atomic E-state index is 0.650. The molecule has 0 aliphatic heterocycles. The van der Waals surface area contributed by atoms with Gasteiger partial charge in [-0.1, -0.05) is 0 Å². The molecule has 16 heavy (non-hydrogen) atoms. The zero-order valence-corrected chi connectivity index (χ0v) is 11.8. The molecule has 0 saturated heterocycles. The molecular weight excluding hydrogens is 306 g/mol. The lowest BCUT2D eigenvalue weighted by Gasteiger charge is -2.00. The highest BCUT2D eigenvalue weighted by Gasteiger charge is 1.99. The van der Waals surface area contributed by atoms with E-state index >= 15 is 0 Å². The van der Waals surface area contributed by atoms with E-state index in [1.54, 1.807) is 11.3 Å². The van der Waals surface area contributed by atoms with Crippen LogP contribution in [0.3, 0.4) is 0 Å². The molecule has 2 aromatic heterocycles. The predicted octanol–water partition coefficient (Wildman–Crippen LogP) is 2.88. The number of rotatable bonds is 5. The van der Waals surface area contributed by atoms with E-state index in [1.807, 2.05) is 5.38 Å². The number of anilines is 1. The summed E-state index contributed by atoms with van der Waals surface area (Å²) in [5.74, 6) is 0. The van der Waals surface area contributed by atoms with Gasteiger partial charge in [0.05, 0.1) is 5.69 Å². The van der Waals surface area contributed by atoms with Gasteiger partial charge in [-0.25, -0.2) is 4.98 Å². The van der Waals surface area contributed by atoms with Crippen LogP contribution < -0.4 is 11.1 Å². The van der Waals surface area contributed by atoms with Gasteiger partial charge in [0.2, 0.25) is 0 Å². The molecule has 2 heterocycles. The summed E-state index contributed by atoms with van der Waals surface area (Å²) in [6.07, 6.45) is 0.931. The topological polar surface area (TPSA) is 50.9 Å². The average Bonchev–Trinajstić information content (AvgIpc) is 2.83.